The van der Waals surface area contributed by atoms with Crippen LogP contribution in [0.4, 0.5) is 11.4 Å². The maximum absolute atomic E-state index is 12.9. The molecule has 0 unspecified atom stereocenters. The molecule has 0 N–H and O–H groups in total. The number of anilines is 2. The minimum absolute atomic E-state index is 0.0908. The smallest absolute Gasteiger partial charge is 0.270 e. The Morgan fingerprint density at radius 1 is 1.04 bits per heavy atom. The second kappa shape index (κ2) is 9.26. The highest BCUT2D eigenvalue weighted by Gasteiger charge is 2.33. The van der Waals surface area contributed by atoms with Crippen LogP contribution in [0.1, 0.15) is 26.3 Å². The van der Waals surface area contributed by atoms with Gasteiger partial charge < -0.3 is 9.64 Å². The molecule has 1 fully saturated rings. The Kier molecular flexibility index (Phi) is 6.75. The first kappa shape index (κ1) is 20.4. The summed E-state index contributed by atoms with van der Waals surface area (Å²) in [6, 6.07) is 15.7. The van der Waals surface area contributed by atoms with E-state index in [1.54, 1.807) is 4.90 Å². The van der Waals surface area contributed by atoms with Gasteiger partial charge in [-0.3, -0.25) is 9.69 Å². The lowest BCUT2D eigenvalue weighted by molar-refractivity contribution is -0.113. The maximum atomic E-state index is 12.9. The fourth-order valence-corrected chi connectivity index (χ4v) is 4.37. The van der Waals surface area contributed by atoms with E-state index in [-0.39, 0.29) is 5.91 Å². The quantitative estimate of drug-likeness (QED) is 0.453. The Morgan fingerprint density at radius 3 is 2.25 bits per heavy atom. The van der Waals surface area contributed by atoms with Gasteiger partial charge in [0.1, 0.15) is 5.75 Å². The SMILES string of the molecule is CCOc1ccc(N2C(=O)/C(=C\c3ccc(N(CC)CC)cc3)SC2=S)cc1. The summed E-state index contributed by atoms with van der Waals surface area (Å²) in [6.45, 7) is 8.77. The van der Waals surface area contributed by atoms with Gasteiger partial charge in [0.05, 0.1) is 17.2 Å². The maximum Gasteiger partial charge on any atom is 0.270 e. The average molecular weight is 413 g/mol. The van der Waals surface area contributed by atoms with Crippen LogP contribution in [0.5, 0.6) is 5.75 Å². The second-order valence-electron chi connectivity index (χ2n) is 6.21. The molecule has 0 spiro atoms. The third-order valence-electron chi connectivity index (χ3n) is 4.52. The summed E-state index contributed by atoms with van der Waals surface area (Å²) in [7, 11) is 0. The number of hydrogen-bond donors (Lipinski definition) is 0. The second-order valence-corrected chi connectivity index (χ2v) is 7.88. The van der Waals surface area contributed by atoms with Crippen molar-refractivity contribution in [3.05, 3.63) is 59.0 Å². The van der Waals surface area contributed by atoms with Gasteiger partial charge in [0.2, 0.25) is 0 Å². The van der Waals surface area contributed by atoms with E-state index in [9.17, 15) is 4.79 Å². The molecule has 1 heterocycles. The number of carbonyl (C=O) groups excluding carboxylic acids is 1. The summed E-state index contributed by atoms with van der Waals surface area (Å²) in [6.07, 6.45) is 1.90. The molecule has 2 aromatic carbocycles. The Labute approximate surface area is 176 Å². The summed E-state index contributed by atoms with van der Waals surface area (Å²) in [5, 5.41) is 0. The Balaban J connectivity index is 1.79. The first-order valence-corrected chi connectivity index (χ1v) is 10.7. The zero-order valence-electron chi connectivity index (χ0n) is 16.3. The number of hydrogen-bond acceptors (Lipinski definition) is 5. The molecule has 4 nitrogen and oxygen atoms in total. The molecule has 6 heteroatoms. The van der Waals surface area contributed by atoms with Gasteiger partial charge in [-0.15, -0.1) is 0 Å². The van der Waals surface area contributed by atoms with Crippen LogP contribution < -0.4 is 14.5 Å². The van der Waals surface area contributed by atoms with Gasteiger partial charge in [-0.25, -0.2) is 0 Å². The molecule has 0 bridgehead atoms. The molecular weight excluding hydrogens is 388 g/mol. The van der Waals surface area contributed by atoms with E-state index in [0.717, 1.165) is 30.1 Å². The Bertz CT molecular complexity index is 872. The van der Waals surface area contributed by atoms with Crippen LogP contribution in [-0.4, -0.2) is 29.9 Å². The number of nitrogens with zero attached hydrogens (tertiary/aromatic N) is 2. The fraction of sp³-hybridized carbons (Fsp3) is 0.273. The van der Waals surface area contributed by atoms with Crippen LogP contribution in [0.15, 0.2) is 53.4 Å². The van der Waals surface area contributed by atoms with Crippen LogP contribution in [0.3, 0.4) is 0 Å². The standard InChI is InChI=1S/C22H24N2O2S2/c1-4-23(5-2)17-9-7-16(8-10-17)15-20-21(25)24(22(27)28-20)18-11-13-19(14-12-18)26-6-3/h7-15H,4-6H2,1-3H3/b20-15+. The largest absolute Gasteiger partial charge is 0.494 e. The van der Waals surface area contributed by atoms with Crippen LogP contribution >= 0.6 is 24.0 Å². The lowest BCUT2D eigenvalue weighted by Crippen LogP contribution is -2.27. The van der Waals surface area contributed by atoms with E-state index in [4.69, 9.17) is 17.0 Å². The number of carbonyl (C=O) groups is 1. The van der Waals surface area contributed by atoms with Crippen LogP contribution in [0, 0.1) is 0 Å². The minimum atomic E-state index is -0.0908. The Hall–Kier alpha value is -2.31. The van der Waals surface area contributed by atoms with Crippen molar-refractivity contribution in [3.8, 4) is 5.75 Å². The molecule has 28 heavy (non-hydrogen) atoms. The van der Waals surface area contributed by atoms with Gasteiger partial charge in [0.15, 0.2) is 4.32 Å². The van der Waals surface area contributed by atoms with Gasteiger partial charge in [0.25, 0.3) is 5.91 Å². The predicted octanol–water partition coefficient (Wildman–Crippen LogP) is 5.34. The number of amides is 1. The van der Waals surface area contributed by atoms with Gasteiger partial charge in [0, 0.05) is 18.8 Å². The fourth-order valence-electron chi connectivity index (χ4n) is 3.07. The number of thiocarbonyl (C=S) groups is 1. The summed E-state index contributed by atoms with van der Waals surface area (Å²) < 4.78 is 6.01. The van der Waals surface area contributed by atoms with Crippen LogP contribution in [0.2, 0.25) is 0 Å². The van der Waals surface area contributed by atoms with E-state index in [1.165, 1.54) is 17.4 Å². The highest BCUT2D eigenvalue weighted by molar-refractivity contribution is 8.27. The van der Waals surface area contributed by atoms with Crippen molar-refractivity contribution in [2.24, 2.45) is 0 Å². The van der Waals surface area contributed by atoms with E-state index >= 15 is 0 Å². The summed E-state index contributed by atoms with van der Waals surface area (Å²) in [5.41, 5.74) is 2.93. The van der Waals surface area contributed by atoms with Crippen molar-refractivity contribution < 1.29 is 9.53 Å². The molecule has 0 saturated carbocycles. The number of thioether (sulfide) groups is 1. The number of ether oxygens (including phenoxy) is 1. The average Bonchev–Trinajstić information content (AvgIpc) is 2.98. The molecule has 3 rings (SSSR count). The van der Waals surface area contributed by atoms with Gasteiger partial charge in [-0.05, 0) is 68.8 Å². The first-order valence-electron chi connectivity index (χ1n) is 9.43. The zero-order valence-corrected chi connectivity index (χ0v) is 18.0. The minimum Gasteiger partial charge on any atom is -0.494 e. The monoisotopic (exact) mass is 412 g/mol. The first-order chi connectivity index (χ1) is 13.6. The molecule has 1 amide bonds. The van der Waals surface area contributed by atoms with Crippen molar-refractivity contribution in [1.29, 1.82) is 0 Å². The molecule has 0 radical (unpaired) electrons. The highest BCUT2D eigenvalue weighted by atomic mass is 32.2. The lowest BCUT2D eigenvalue weighted by atomic mass is 10.1. The molecular formula is C22H24N2O2S2. The molecule has 146 valence electrons. The normalized spacial score (nSPS) is 15.4. The van der Waals surface area contributed by atoms with E-state index < -0.39 is 0 Å². The molecule has 1 saturated heterocycles. The molecule has 0 aromatic heterocycles. The van der Waals surface area contributed by atoms with Crippen molar-refractivity contribution in [2.45, 2.75) is 20.8 Å². The summed E-state index contributed by atoms with van der Waals surface area (Å²) >= 11 is 6.79. The van der Waals surface area contributed by atoms with Gasteiger partial charge >= 0.3 is 0 Å². The Morgan fingerprint density at radius 2 is 1.68 bits per heavy atom. The third-order valence-corrected chi connectivity index (χ3v) is 5.82. The zero-order chi connectivity index (χ0) is 20.1. The molecule has 1 aliphatic rings. The highest BCUT2D eigenvalue weighted by Crippen LogP contribution is 2.36. The van der Waals surface area contributed by atoms with Crippen molar-refractivity contribution in [3.63, 3.8) is 0 Å². The number of rotatable bonds is 7. The number of benzene rings is 2. The van der Waals surface area contributed by atoms with Gasteiger partial charge in [-0.2, -0.15) is 0 Å². The van der Waals surface area contributed by atoms with E-state index in [1.807, 2.05) is 49.4 Å². The van der Waals surface area contributed by atoms with Crippen molar-refractivity contribution in [1.82, 2.24) is 0 Å². The van der Waals surface area contributed by atoms with Crippen molar-refractivity contribution >= 4 is 51.7 Å². The van der Waals surface area contributed by atoms with Gasteiger partial charge in [-0.1, -0.05) is 36.1 Å². The van der Waals surface area contributed by atoms with E-state index in [0.29, 0.717) is 15.8 Å². The van der Waals surface area contributed by atoms with Crippen LogP contribution in [-0.2, 0) is 4.79 Å². The van der Waals surface area contributed by atoms with E-state index in [2.05, 4.69) is 30.9 Å². The molecule has 2 aromatic rings. The molecule has 0 atom stereocenters. The lowest BCUT2D eigenvalue weighted by Gasteiger charge is -2.20. The topological polar surface area (TPSA) is 32.8 Å². The summed E-state index contributed by atoms with van der Waals surface area (Å²) in [4.78, 5) is 17.4. The van der Waals surface area contributed by atoms with Crippen molar-refractivity contribution in [2.75, 3.05) is 29.5 Å². The van der Waals surface area contributed by atoms with Crippen LogP contribution in [0.25, 0.3) is 6.08 Å². The predicted molar refractivity (Wildman–Crippen MR) is 123 cm³/mol. The molecule has 0 aliphatic carbocycles. The molecule has 1 aliphatic heterocycles. The summed E-state index contributed by atoms with van der Waals surface area (Å²) in [5.74, 6) is 0.688. The third kappa shape index (κ3) is 4.39.